The van der Waals surface area contributed by atoms with E-state index in [0.717, 1.165) is 56.4 Å². The van der Waals surface area contributed by atoms with Crippen molar-refractivity contribution in [2.75, 3.05) is 9.80 Å². The molecule has 2 aliphatic heterocycles. The third-order valence-corrected chi connectivity index (χ3v) is 10.9. The van der Waals surface area contributed by atoms with E-state index in [1.54, 1.807) is 50.3 Å². The zero-order valence-electron chi connectivity index (χ0n) is 36.9. The van der Waals surface area contributed by atoms with Crippen molar-refractivity contribution < 1.29 is 29.3 Å². The van der Waals surface area contributed by atoms with Gasteiger partial charge in [-0.15, -0.1) is 0 Å². The fourth-order valence-electron chi connectivity index (χ4n) is 7.72. The SMILES string of the molecule is CC1=C/C(=C(/C#N)C(=O)O)C=C(/C=C/c2ccc(N(c3ccccc3)c3ccc(-c4ccc(N(c5ccccc5)c5ccc(/C=C/C6=CC(=C(\C#N)C(=O)O)/C=C(C)O6)cc5)cc4)cc3)cc2)O1. The van der Waals surface area contributed by atoms with E-state index in [1.807, 2.05) is 97.1 Å². The van der Waals surface area contributed by atoms with Crippen molar-refractivity contribution >= 4 is 58.2 Å². The number of benzene rings is 6. The van der Waals surface area contributed by atoms with Gasteiger partial charge in [-0.2, -0.15) is 10.5 Å². The summed E-state index contributed by atoms with van der Waals surface area (Å²) in [4.78, 5) is 27.5. The Balaban J connectivity index is 1.01. The van der Waals surface area contributed by atoms with E-state index in [-0.39, 0.29) is 22.3 Å². The maximum atomic E-state index is 11.6. The molecule has 68 heavy (non-hydrogen) atoms. The monoisotopic (exact) mass is 890 g/mol. The molecule has 6 aromatic carbocycles. The molecule has 10 heteroatoms. The van der Waals surface area contributed by atoms with Crippen molar-refractivity contribution in [2.45, 2.75) is 13.8 Å². The third-order valence-electron chi connectivity index (χ3n) is 10.9. The van der Waals surface area contributed by atoms with Crippen molar-refractivity contribution in [1.29, 1.82) is 10.5 Å². The van der Waals surface area contributed by atoms with Gasteiger partial charge >= 0.3 is 11.9 Å². The van der Waals surface area contributed by atoms with Gasteiger partial charge in [0.1, 0.15) is 46.3 Å². The van der Waals surface area contributed by atoms with E-state index < -0.39 is 11.9 Å². The summed E-state index contributed by atoms with van der Waals surface area (Å²) >= 11 is 0. The van der Waals surface area contributed by atoms with E-state index in [2.05, 4.69) is 82.6 Å². The quantitative estimate of drug-likeness (QED) is 0.0848. The molecule has 0 aromatic heterocycles. The number of anilines is 6. The Labute approximate surface area is 394 Å². The molecule has 0 amide bonds. The topological polar surface area (TPSA) is 147 Å². The molecule has 10 nitrogen and oxygen atoms in total. The minimum absolute atomic E-state index is 0.284. The summed E-state index contributed by atoms with van der Waals surface area (Å²) in [5.74, 6) is -0.760. The number of nitrogens with zero attached hydrogens (tertiary/aromatic N) is 4. The molecule has 0 fully saturated rings. The molecule has 0 spiro atoms. The average Bonchev–Trinajstić information content (AvgIpc) is 3.35. The van der Waals surface area contributed by atoms with E-state index >= 15 is 0 Å². The van der Waals surface area contributed by atoms with Gasteiger partial charge in [0.05, 0.1) is 0 Å². The lowest BCUT2D eigenvalue weighted by atomic mass is 10.0. The van der Waals surface area contributed by atoms with Crippen molar-refractivity contribution in [2.24, 2.45) is 0 Å². The van der Waals surface area contributed by atoms with Gasteiger partial charge in [-0.25, -0.2) is 9.59 Å². The highest BCUT2D eigenvalue weighted by molar-refractivity contribution is 5.94. The van der Waals surface area contributed by atoms with Gasteiger partial charge < -0.3 is 29.5 Å². The van der Waals surface area contributed by atoms with Crippen LogP contribution in [-0.2, 0) is 19.1 Å². The van der Waals surface area contributed by atoms with Crippen molar-refractivity contribution in [3.05, 3.63) is 251 Å². The van der Waals surface area contributed by atoms with Crippen LogP contribution < -0.4 is 9.80 Å². The minimum Gasteiger partial charge on any atom is -0.477 e. The molecule has 0 bridgehead atoms. The summed E-state index contributed by atoms with van der Waals surface area (Å²) in [5.41, 5.74) is 9.64. The molecular weight excluding hydrogens is 849 g/mol. The van der Waals surface area contributed by atoms with Crippen molar-refractivity contribution in [3.63, 3.8) is 0 Å². The molecule has 330 valence electrons. The maximum absolute atomic E-state index is 11.6. The molecule has 0 aliphatic carbocycles. The standard InChI is InChI=1S/C58H42N4O6/c1-39-33-45(55(37-59)57(63)64)35-53(67-39)31-17-41-13-23-49(24-14-41)61(47-9-5-3-6-10-47)51-27-19-43(20-28-51)44-21-29-52(30-22-44)62(48-11-7-4-8-12-48)50-25-15-42(16-26-50)18-32-54-36-46(34-40(2)68-54)56(38-60)58(65)66/h3-36H,1-2H3,(H,63,64)(H,65,66)/b31-17+,32-18+,55-45+,56-46+. The van der Waals surface area contributed by atoms with Crippen LogP contribution in [0, 0.1) is 22.7 Å². The van der Waals surface area contributed by atoms with Crippen LogP contribution in [0.15, 0.2) is 240 Å². The number of allylic oxidation sites excluding steroid dienone is 10. The Hall–Kier alpha value is -9.64. The fraction of sp³-hybridized carbons (Fsp3) is 0.0345. The molecule has 0 saturated carbocycles. The highest BCUT2D eigenvalue weighted by atomic mass is 16.5. The number of ether oxygens (including phenoxy) is 2. The van der Waals surface area contributed by atoms with Gasteiger partial charge in [-0.05, 0) is 145 Å². The summed E-state index contributed by atoms with van der Waals surface area (Å²) in [6.45, 7) is 3.42. The van der Waals surface area contributed by atoms with Gasteiger partial charge in [0, 0.05) is 45.3 Å². The number of carbonyl (C=O) groups is 2. The molecule has 6 aromatic rings. The van der Waals surface area contributed by atoms with Crippen molar-refractivity contribution in [3.8, 4) is 23.3 Å². The Morgan fingerprint density at radius 1 is 0.441 bits per heavy atom. The van der Waals surface area contributed by atoms with Crippen LogP contribution in [0.3, 0.4) is 0 Å². The molecule has 0 saturated heterocycles. The molecule has 8 rings (SSSR count). The third kappa shape index (κ3) is 10.5. The predicted octanol–water partition coefficient (Wildman–Crippen LogP) is 13.8. The number of hydrogen-bond donors (Lipinski definition) is 2. The second-order valence-corrected chi connectivity index (χ2v) is 15.6. The second kappa shape index (κ2) is 20.5. The predicted molar refractivity (Wildman–Crippen MR) is 266 cm³/mol. The summed E-state index contributed by atoms with van der Waals surface area (Å²) in [7, 11) is 0. The molecule has 0 radical (unpaired) electrons. The van der Waals surface area contributed by atoms with Crippen LogP contribution in [0.1, 0.15) is 25.0 Å². The van der Waals surface area contributed by atoms with Gasteiger partial charge in [0.15, 0.2) is 0 Å². The van der Waals surface area contributed by atoms with Gasteiger partial charge in [-0.1, -0.05) is 97.1 Å². The molecule has 0 atom stereocenters. The van der Waals surface area contributed by atoms with Gasteiger partial charge in [0.2, 0.25) is 0 Å². The van der Waals surface area contributed by atoms with Crippen LogP contribution >= 0.6 is 0 Å². The van der Waals surface area contributed by atoms with Crippen LogP contribution in [0.25, 0.3) is 23.3 Å². The number of nitriles is 2. The number of rotatable bonds is 13. The Kier molecular flexibility index (Phi) is 13.5. The maximum Gasteiger partial charge on any atom is 0.347 e. The first-order chi connectivity index (χ1) is 33.1. The Morgan fingerprint density at radius 2 is 0.750 bits per heavy atom. The highest BCUT2D eigenvalue weighted by Gasteiger charge is 2.19. The zero-order chi connectivity index (χ0) is 47.6. The van der Waals surface area contributed by atoms with Gasteiger partial charge in [0.25, 0.3) is 0 Å². The lowest BCUT2D eigenvalue weighted by molar-refractivity contribution is -0.133. The number of aliphatic carboxylic acids is 2. The summed E-state index contributed by atoms with van der Waals surface area (Å²) in [5, 5.41) is 37.6. The Morgan fingerprint density at radius 3 is 1.06 bits per heavy atom. The van der Waals surface area contributed by atoms with Crippen LogP contribution in [0.4, 0.5) is 34.1 Å². The smallest absolute Gasteiger partial charge is 0.347 e. The fourth-order valence-corrected chi connectivity index (χ4v) is 7.72. The molecular formula is C58H42N4O6. The molecule has 0 unspecified atom stereocenters. The number of carboxylic acids is 2. The van der Waals surface area contributed by atoms with Crippen LogP contribution in [-0.4, -0.2) is 22.2 Å². The second-order valence-electron chi connectivity index (χ2n) is 15.6. The molecule has 2 heterocycles. The summed E-state index contributed by atoms with van der Waals surface area (Å²) in [6, 6.07) is 56.9. The van der Waals surface area contributed by atoms with Crippen LogP contribution in [0.2, 0.25) is 0 Å². The highest BCUT2D eigenvalue weighted by Crippen LogP contribution is 2.38. The minimum atomic E-state index is -1.29. The number of hydrogen-bond acceptors (Lipinski definition) is 8. The average molecular weight is 891 g/mol. The Bertz CT molecular complexity index is 3000. The largest absolute Gasteiger partial charge is 0.477 e. The summed E-state index contributed by atoms with van der Waals surface area (Å²) in [6.07, 6.45) is 13.4. The molecule has 2 N–H and O–H groups in total. The first kappa shape index (κ1) is 44.9. The van der Waals surface area contributed by atoms with E-state index in [1.165, 1.54) is 12.2 Å². The van der Waals surface area contributed by atoms with E-state index in [0.29, 0.717) is 23.0 Å². The normalized spacial score (nSPS) is 14.8. The lowest BCUT2D eigenvalue weighted by Gasteiger charge is -2.26. The van der Waals surface area contributed by atoms with E-state index in [9.17, 15) is 30.3 Å². The first-order valence-electron chi connectivity index (χ1n) is 21.4. The number of para-hydroxylation sites is 2. The number of carboxylic acid groups (broad SMARTS) is 2. The van der Waals surface area contributed by atoms with Gasteiger partial charge in [-0.3, -0.25) is 0 Å². The van der Waals surface area contributed by atoms with Crippen molar-refractivity contribution in [1.82, 2.24) is 0 Å². The zero-order valence-corrected chi connectivity index (χ0v) is 36.9. The molecule has 2 aliphatic rings. The van der Waals surface area contributed by atoms with Crippen LogP contribution in [0.5, 0.6) is 0 Å². The first-order valence-corrected chi connectivity index (χ1v) is 21.4. The lowest BCUT2D eigenvalue weighted by Crippen LogP contribution is -2.10. The summed E-state index contributed by atoms with van der Waals surface area (Å²) < 4.78 is 11.6. The van der Waals surface area contributed by atoms with E-state index in [4.69, 9.17) is 9.47 Å².